The molecule has 3 N–H and O–H groups in total. The fraction of sp³-hybridized carbons (Fsp3) is 0.158. The predicted octanol–water partition coefficient (Wildman–Crippen LogP) is 3.98. The molecular formula is C19H22IN5. The van der Waals surface area contributed by atoms with Gasteiger partial charge in [-0.3, -0.25) is 0 Å². The highest BCUT2D eigenvalue weighted by Crippen LogP contribution is 2.12. The molecule has 3 aromatic rings. The number of anilines is 1. The largest absolute Gasteiger partial charge is 0.370 e. The minimum Gasteiger partial charge on any atom is -0.370 e. The van der Waals surface area contributed by atoms with Crippen molar-refractivity contribution in [1.29, 1.82) is 0 Å². The maximum Gasteiger partial charge on any atom is 0.193 e. The van der Waals surface area contributed by atoms with Crippen molar-refractivity contribution in [2.75, 3.05) is 5.32 Å². The molecule has 0 atom stereocenters. The molecule has 5 nitrogen and oxygen atoms in total. The molecule has 0 saturated carbocycles. The summed E-state index contributed by atoms with van der Waals surface area (Å²) in [6.07, 6.45) is 4.67. The van der Waals surface area contributed by atoms with Gasteiger partial charge < -0.3 is 11.1 Å². The van der Waals surface area contributed by atoms with Gasteiger partial charge in [-0.15, -0.1) is 24.0 Å². The first kappa shape index (κ1) is 19.0. The summed E-state index contributed by atoms with van der Waals surface area (Å²) in [5.74, 6) is 0.416. The molecule has 0 unspecified atom stereocenters. The van der Waals surface area contributed by atoms with E-state index in [1.807, 2.05) is 53.3 Å². The van der Waals surface area contributed by atoms with Crippen LogP contribution in [0.3, 0.4) is 0 Å². The normalized spacial score (nSPS) is 11.0. The van der Waals surface area contributed by atoms with Crippen LogP contribution >= 0.6 is 24.0 Å². The molecule has 0 saturated heterocycles. The number of nitrogens with zero attached hydrogens (tertiary/aromatic N) is 3. The fourth-order valence-electron chi connectivity index (χ4n) is 2.41. The van der Waals surface area contributed by atoms with Crippen molar-refractivity contribution < 1.29 is 0 Å². The summed E-state index contributed by atoms with van der Waals surface area (Å²) in [4.78, 5) is 4.40. The minimum absolute atomic E-state index is 0. The number of hydrogen-bond acceptors (Lipinski definition) is 2. The molecular weight excluding hydrogens is 425 g/mol. The zero-order valence-electron chi connectivity index (χ0n) is 14.1. The first-order chi connectivity index (χ1) is 11.7. The lowest BCUT2D eigenvalue weighted by Crippen LogP contribution is -2.22. The van der Waals surface area contributed by atoms with E-state index in [0.29, 0.717) is 12.5 Å². The van der Waals surface area contributed by atoms with Gasteiger partial charge in [0.1, 0.15) is 0 Å². The zero-order chi connectivity index (χ0) is 16.8. The van der Waals surface area contributed by atoms with Gasteiger partial charge in [-0.05, 0) is 47.9 Å². The molecule has 0 fully saturated rings. The van der Waals surface area contributed by atoms with Gasteiger partial charge in [0, 0.05) is 18.1 Å². The predicted molar refractivity (Wildman–Crippen MR) is 114 cm³/mol. The van der Waals surface area contributed by atoms with Crippen molar-refractivity contribution in [2.24, 2.45) is 10.7 Å². The van der Waals surface area contributed by atoms with Crippen molar-refractivity contribution in [2.45, 2.75) is 19.9 Å². The molecule has 1 aromatic heterocycles. The summed E-state index contributed by atoms with van der Waals surface area (Å²) in [5, 5.41) is 7.34. The van der Waals surface area contributed by atoms with E-state index < -0.39 is 0 Å². The van der Waals surface area contributed by atoms with Crippen molar-refractivity contribution in [3.63, 3.8) is 0 Å². The minimum atomic E-state index is 0. The highest BCUT2D eigenvalue weighted by Gasteiger charge is 1.99. The lowest BCUT2D eigenvalue weighted by molar-refractivity contribution is 0.878. The number of aryl methyl sites for hydroxylation is 1. The van der Waals surface area contributed by atoms with Gasteiger partial charge in [0.05, 0.1) is 12.2 Å². The Kier molecular flexibility index (Phi) is 7.00. The van der Waals surface area contributed by atoms with Gasteiger partial charge in [-0.25, -0.2) is 9.67 Å². The van der Waals surface area contributed by atoms with Crippen LogP contribution in [0.4, 0.5) is 5.69 Å². The van der Waals surface area contributed by atoms with Crippen molar-refractivity contribution in [3.05, 3.63) is 78.1 Å². The summed E-state index contributed by atoms with van der Waals surface area (Å²) in [6, 6.07) is 18.2. The molecule has 0 aliphatic rings. The van der Waals surface area contributed by atoms with Crippen LogP contribution in [0.25, 0.3) is 5.69 Å². The van der Waals surface area contributed by atoms with Crippen LogP contribution in [0.15, 0.2) is 72.0 Å². The van der Waals surface area contributed by atoms with E-state index in [1.165, 1.54) is 5.56 Å². The second-order valence-corrected chi connectivity index (χ2v) is 5.50. The summed E-state index contributed by atoms with van der Waals surface area (Å²) in [6.45, 7) is 2.66. The van der Waals surface area contributed by atoms with Crippen molar-refractivity contribution in [1.82, 2.24) is 9.78 Å². The molecule has 0 bridgehead atoms. The molecule has 2 aromatic carbocycles. The van der Waals surface area contributed by atoms with Gasteiger partial charge in [0.15, 0.2) is 5.96 Å². The third kappa shape index (κ3) is 5.32. The Labute approximate surface area is 165 Å². The number of nitrogens with two attached hydrogens (primary N) is 1. The van der Waals surface area contributed by atoms with Gasteiger partial charge in [0.25, 0.3) is 0 Å². The zero-order valence-corrected chi connectivity index (χ0v) is 16.4. The Morgan fingerprint density at radius 1 is 1.12 bits per heavy atom. The van der Waals surface area contributed by atoms with Crippen molar-refractivity contribution >= 4 is 35.6 Å². The maximum atomic E-state index is 5.98. The number of aliphatic imine (C=N–C) groups is 1. The number of halogens is 1. The van der Waals surface area contributed by atoms with Crippen molar-refractivity contribution in [3.8, 4) is 5.69 Å². The molecule has 3 rings (SSSR count). The molecule has 6 heteroatoms. The monoisotopic (exact) mass is 447 g/mol. The number of hydrogen-bond donors (Lipinski definition) is 2. The summed E-state index contributed by atoms with van der Waals surface area (Å²) < 4.78 is 1.82. The SMILES string of the molecule is CCc1cccc(NC(N)=NCc2ccc(-n3cccn3)cc2)c1.I. The molecule has 0 spiro atoms. The lowest BCUT2D eigenvalue weighted by Gasteiger charge is -2.07. The van der Waals surface area contributed by atoms with Crippen LogP contribution in [0.1, 0.15) is 18.1 Å². The first-order valence-electron chi connectivity index (χ1n) is 7.99. The van der Waals surface area contributed by atoms with Crippen LogP contribution in [0, 0.1) is 0 Å². The Bertz CT molecular complexity index is 810. The molecule has 0 amide bonds. The molecule has 25 heavy (non-hydrogen) atoms. The Morgan fingerprint density at radius 2 is 1.92 bits per heavy atom. The smallest absolute Gasteiger partial charge is 0.193 e. The Balaban J connectivity index is 0.00000225. The highest BCUT2D eigenvalue weighted by atomic mass is 127. The summed E-state index contributed by atoms with van der Waals surface area (Å²) >= 11 is 0. The van der Waals surface area contributed by atoms with E-state index in [-0.39, 0.29) is 24.0 Å². The summed E-state index contributed by atoms with van der Waals surface area (Å²) in [5.41, 5.74) is 10.3. The third-order valence-corrected chi connectivity index (χ3v) is 3.74. The molecule has 0 aliphatic carbocycles. The second kappa shape index (κ2) is 9.22. The Hall–Kier alpha value is -2.35. The van der Waals surface area contributed by atoms with E-state index in [1.54, 1.807) is 6.20 Å². The van der Waals surface area contributed by atoms with Crippen LogP contribution < -0.4 is 11.1 Å². The van der Waals surface area contributed by atoms with Crippen LogP contribution in [0.5, 0.6) is 0 Å². The van der Waals surface area contributed by atoms with Crippen LogP contribution in [-0.2, 0) is 13.0 Å². The third-order valence-electron chi connectivity index (χ3n) is 3.74. The number of aromatic nitrogens is 2. The fourth-order valence-corrected chi connectivity index (χ4v) is 2.41. The summed E-state index contributed by atoms with van der Waals surface area (Å²) in [7, 11) is 0. The number of rotatable bonds is 5. The molecule has 1 heterocycles. The van der Waals surface area contributed by atoms with Crippen LogP contribution in [0.2, 0.25) is 0 Å². The first-order valence-corrected chi connectivity index (χ1v) is 7.99. The van der Waals surface area contributed by atoms with E-state index >= 15 is 0 Å². The second-order valence-electron chi connectivity index (χ2n) is 5.50. The van der Waals surface area contributed by atoms with Gasteiger partial charge >= 0.3 is 0 Å². The highest BCUT2D eigenvalue weighted by molar-refractivity contribution is 14.0. The van der Waals surface area contributed by atoms with E-state index in [9.17, 15) is 0 Å². The van der Waals surface area contributed by atoms with E-state index in [0.717, 1.165) is 23.4 Å². The number of guanidine groups is 1. The average molecular weight is 447 g/mol. The number of nitrogens with one attached hydrogen (secondary N) is 1. The molecule has 130 valence electrons. The maximum absolute atomic E-state index is 5.98. The van der Waals surface area contributed by atoms with E-state index in [2.05, 4.69) is 34.5 Å². The van der Waals surface area contributed by atoms with Gasteiger partial charge in [-0.1, -0.05) is 31.2 Å². The van der Waals surface area contributed by atoms with Gasteiger partial charge in [-0.2, -0.15) is 5.10 Å². The van der Waals surface area contributed by atoms with E-state index in [4.69, 9.17) is 5.73 Å². The Morgan fingerprint density at radius 3 is 2.60 bits per heavy atom. The topological polar surface area (TPSA) is 68.2 Å². The standard InChI is InChI=1S/C19H21N5.HI/c1-2-15-5-3-6-17(13-15)23-19(20)21-14-16-7-9-18(10-8-16)24-12-4-11-22-24;/h3-13H,2,14H2,1H3,(H3,20,21,23);1H. The quantitative estimate of drug-likeness (QED) is 0.353. The lowest BCUT2D eigenvalue weighted by atomic mass is 10.1. The molecule has 0 aliphatic heterocycles. The average Bonchev–Trinajstić information content (AvgIpc) is 3.15. The molecule has 0 radical (unpaired) electrons. The van der Waals surface area contributed by atoms with Gasteiger partial charge in [0.2, 0.25) is 0 Å². The number of benzene rings is 2. The van der Waals surface area contributed by atoms with Crippen LogP contribution in [-0.4, -0.2) is 15.7 Å².